The van der Waals surface area contributed by atoms with Gasteiger partial charge >= 0.3 is 0 Å². The van der Waals surface area contributed by atoms with Crippen molar-refractivity contribution in [2.24, 2.45) is 0 Å². The van der Waals surface area contributed by atoms with Gasteiger partial charge in [0.2, 0.25) is 21.0 Å². The molecule has 0 aromatic carbocycles. The van der Waals surface area contributed by atoms with Crippen molar-refractivity contribution in [2.75, 3.05) is 0 Å². The summed E-state index contributed by atoms with van der Waals surface area (Å²) in [4.78, 5) is 7.35. The number of nitrogens with zero attached hydrogens (tertiary/aromatic N) is 2. The van der Waals surface area contributed by atoms with Crippen molar-refractivity contribution in [1.82, 2.24) is 9.97 Å². The van der Waals surface area contributed by atoms with E-state index < -0.39 is 0 Å². The van der Waals surface area contributed by atoms with Gasteiger partial charge in [0.15, 0.2) is 0 Å². The molecule has 1 aromatic heterocycles. The quantitative estimate of drug-likeness (QED) is 0.476. The minimum absolute atomic E-state index is 1.50. The molecule has 0 bridgehead atoms. The molecule has 0 aliphatic rings. The van der Waals surface area contributed by atoms with Crippen molar-refractivity contribution in [2.45, 2.75) is 0 Å². The van der Waals surface area contributed by atoms with Gasteiger partial charge in [-0.2, -0.15) is 0 Å². The van der Waals surface area contributed by atoms with E-state index in [0.717, 1.165) is 0 Å². The normalized spacial score (nSPS) is 7.33. The third-order valence-electron chi connectivity index (χ3n) is 0.478. The van der Waals surface area contributed by atoms with Crippen molar-refractivity contribution in [3.63, 3.8) is 0 Å². The lowest BCUT2D eigenvalue weighted by Crippen LogP contribution is -1.66. The molecule has 0 saturated carbocycles. The van der Waals surface area contributed by atoms with E-state index in [9.17, 15) is 0 Å². The number of aromatic nitrogens is 2. The highest BCUT2D eigenvalue weighted by Gasteiger charge is 1.59. The van der Waals surface area contributed by atoms with Crippen LogP contribution >= 0.6 is 0 Å². The van der Waals surface area contributed by atoms with Crippen LogP contribution in [0.15, 0.2) is 24.8 Å². The molecule has 0 atom stereocenters. The maximum Gasteiger partial charge on any atom is 0.229 e. The highest BCUT2D eigenvalue weighted by Crippen LogP contribution is 1.66. The van der Waals surface area contributed by atoms with E-state index in [1.54, 1.807) is 18.5 Å². The van der Waals surface area contributed by atoms with Gasteiger partial charge in [0.25, 0.3) is 0 Å². The fourth-order valence-electron chi connectivity index (χ4n) is 0.253. The minimum atomic E-state index is 1.50. The molecular formula is C4H4N2OSi2. The summed E-state index contributed by atoms with van der Waals surface area (Å²) in [5, 5.41) is 0. The first-order valence-electron chi connectivity index (χ1n) is 2.11. The van der Waals surface area contributed by atoms with Crippen LogP contribution in [0, 0.1) is 0 Å². The van der Waals surface area contributed by atoms with E-state index in [1.807, 2.05) is 0 Å². The lowest BCUT2D eigenvalue weighted by molar-refractivity contribution is 0.690. The Labute approximate surface area is 60.6 Å². The van der Waals surface area contributed by atoms with Gasteiger partial charge < -0.3 is 4.12 Å². The van der Waals surface area contributed by atoms with Crippen molar-refractivity contribution in [1.29, 1.82) is 0 Å². The Bertz CT molecular complexity index is 99.4. The first-order chi connectivity index (χ1) is 4.41. The molecule has 0 unspecified atom stereocenters. The summed E-state index contributed by atoms with van der Waals surface area (Å²) in [5.41, 5.74) is 0. The number of hydrogen-bond acceptors (Lipinski definition) is 3. The van der Waals surface area contributed by atoms with Gasteiger partial charge in [-0.3, -0.25) is 0 Å². The molecule has 9 heavy (non-hydrogen) atoms. The highest BCUT2D eigenvalue weighted by atomic mass is 28.3. The zero-order valence-electron chi connectivity index (χ0n) is 4.61. The summed E-state index contributed by atoms with van der Waals surface area (Å²) < 4.78 is 3.86. The molecule has 3 nitrogen and oxygen atoms in total. The maximum atomic E-state index is 3.86. The van der Waals surface area contributed by atoms with Crippen molar-refractivity contribution in [3.05, 3.63) is 24.8 Å². The zero-order chi connectivity index (χ0) is 6.95. The molecule has 0 aliphatic heterocycles. The summed E-state index contributed by atoms with van der Waals surface area (Å²) in [6.07, 6.45) is 4.88. The van der Waals surface area contributed by atoms with Crippen LogP contribution in [0.4, 0.5) is 0 Å². The summed E-state index contributed by atoms with van der Waals surface area (Å²) in [6, 6.07) is 1.78. The Hall–Kier alpha value is -0.526. The number of rotatable bonds is 0. The summed E-state index contributed by atoms with van der Waals surface area (Å²) in [5.74, 6) is 0. The third-order valence-corrected chi connectivity index (χ3v) is 0.478. The van der Waals surface area contributed by atoms with E-state index >= 15 is 0 Å². The van der Waals surface area contributed by atoms with Gasteiger partial charge in [-0.15, -0.1) is 0 Å². The molecule has 5 heteroatoms. The Balaban J connectivity index is 0.000000187. The van der Waals surface area contributed by atoms with E-state index in [-0.39, 0.29) is 0 Å². The van der Waals surface area contributed by atoms with Crippen LogP contribution in [-0.2, 0) is 4.12 Å². The van der Waals surface area contributed by atoms with Crippen LogP contribution in [0.25, 0.3) is 0 Å². The second-order valence-corrected chi connectivity index (χ2v) is 1.82. The van der Waals surface area contributed by atoms with Crippen LogP contribution in [-0.4, -0.2) is 30.9 Å². The van der Waals surface area contributed by atoms with Crippen LogP contribution in [0.2, 0.25) is 0 Å². The van der Waals surface area contributed by atoms with E-state index in [4.69, 9.17) is 0 Å². The molecule has 44 valence electrons. The largest absolute Gasteiger partial charge is 0.458 e. The minimum Gasteiger partial charge on any atom is -0.458 e. The Morgan fingerprint density at radius 3 is 1.67 bits per heavy atom. The van der Waals surface area contributed by atoms with E-state index in [0.29, 0.717) is 0 Å². The topological polar surface area (TPSA) is 35.0 Å². The van der Waals surface area contributed by atoms with Gasteiger partial charge in [-0.25, -0.2) is 9.97 Å². The van der Waals surface area contributed by atoms with Gasteiger partial charge in [0.05, 0.1) is 0 Å². The standard InChI is InChI=1S/C4H4N2.OSi2/c1-2-5-4-6-3-1;2-1-3/h1-4H;. The molecular weight excluding hydrogens is 148 g/mol. The van der Waals surface area contributed by atoms with E-state index in [1.165, 1.54) is 6.33 Å². The van der Waals surface area contributed by atoms with Crippen LogP contribution in [0.1, 0.15) is 0 Å². The van der Waals surface area contributed by atoms with Crippen molar-refractivity contribution >= 4 is 21.0 Å². The summed E-state index contributed by atoms with van der Waals surface area (Å²) >= 11 is 0. The van der Waals surface area contributed by atoms with Gasteiger partial charge in [-0.1, -0.05) is 0 Å². The van der Waals surface area contributed by atoms with Gasteiger partial charge in [0, 0.05) is 12.4 Å². The van der Waals surface area contributed by atoms with E-state index in [2.05, 4.69) is 35.1 Å². The third kappa shape index (κ3) is 7.47. The van der Waals surface area contributed by atoms with Crippen LogP contribution < -0.4 is 0 Å². The molecule has 0 saturated heterocycles. The second kappa shape index (κ2) is 7.47. The lowest BCUT2D eigenvalue weighted by atomic mass is 10.7. The average molecular weight is 152 g/mol. The Kier molecular flexibility index (Phi) is 7.04. The Morgan fingerprint density at radius 2 is 1.56 bits per heavy atom. The molecule has 6 radical (unpaired) electrons. The number of hydrogen-bond donors (Lipinski definition) is 0. The monoisotopic (exact) mass is 152 g/mol. The molecule has 1 rings (SSSR count). The maximum absolute atomic E-state index is 3.86. The predicted molar refractivity (Wildman–Crippen MR) is 34.6 cm³/mol. The second-order valence-electron chi connectivity index (χ2n) is 1.01. The van der Waals surface area contributed by atoms with Gasteiger partial charge in [0.1, 0.15) is 6.33 Å². The first-order valence-corrected chi connectivity index (χ1v) is 2.92. The average Bonchev–Trinajstić information content (AvgIpc) is 1.93. The molecule has 0 N–H and O–H groups in total. The van der Waals surface area contributed by atoms with Crippen molar-refractivity contribution < 1.29 is 4.12 Å². The molecule has 1 aromatic rings. The fraction of sp³-hybridized carbons (Fsp3) is 0. The fourth-order valence-corrected chi connectivity index (χ4v) is 0.253. The van der Waals surface area contributed by atoms with Crippen molar-refractivity contribution in [3.8, 4) is 0 Å². The lowest BCUT2D eigenvalue weighted by Gasteiger charge is -1.70. The predicted octanol–water partition coefficient (Wildman–Crippen LogP) is -0.353. The molecule has 0 spiro atoms. The summed E-state index contributed by atoms with van der Waals surface area (Å²) in [6.45, 7) is 0. The SMILES string of the molecule is [Si]O[Si].c1cncnc1. The highest BCUT2D eigenvalue weighted by molar-refractivity contribution is 6.15. The molecule has 0 fully saturated rings. The van der Waals surface area contributed by atoms with Crippen LogP contribution in [0.3, 0.4) is 0 Å². The van der Waals surface area contributed by atoms with Gasteiger partial charge in [-0.05, 0) is 6.07 Å². The first kappa shape index (κ1) is 8.47. The molecule has 0 amide bonds. The summed E-state index contributed by atoms with van der Waals surface area (Å²) in [7, 11) is 5.19. The molecule has 1 heterocycles. The zero-order valence-corrected chi connectivity index (χ0v) is 6.61. The van der Waals surface area contributed by atoms with Crippen LogP contribution in [0.5, 0.6) is 0 Å². The smallest absolute Gasteiger partial charge is 0.229 e. The molecule has 0 aliphatic carbocycles. The Morgan fingerprint density at radius 1 is 1.11 bits per heavy atom.